The van der Waals surface area contributed by atoms with E-state index in [0.717, 1.165) is 4.57 Å². The Balaban J connectivity index is 1.83. The maximum Gasteiger partial charge on any atom is 0.332 e. The first-order chi connectivity index (χ1) is 18.3. The number of halogens is 1. The molecule has 38 heavy (non-hydrogen) atoms. The standard InChI is InChI=1S/C27H25ClN4O6/c1-29-25(34)17-10-8-16(9-11-17)14-32-26(35)18-12-22(37-2)23(38-3)13-21(18)31(27(32)36)15-24(33)30-20-7-5-4-6-19(20)28/h4-13H,14-15H2,1-3H3,(H,29,34)(H,30,33). The Labute approximate surface area is 222 Å². The van der Waals surface area contributed by atoms with Gasteiger partial charge in [0.2, 0.25) is 5.91 Å². The molecule has 0 aliphatic rings. The van der Waals surface area contributed by atoms with Crippen LogP contribution in [0.15, 0.2) is 70.3 Å². The average Bonchev–Trinajstić information content (AvgIpc) is 2.93. The van der Waals surface area contributed by atoms with Crippen LogP contribution in [0.1, 0.15) is 15.9 Å². The molecule has 0 saturated carbocycles. The molecule has 10 nitrogen and oxygen atoms in total. The number of anilines is 1. The predicted octanol–water partition coefficient (Wildman–Crippen LogP) is 2.88. The van der Waals surface area contributed by atoms with Gasteiger partial charge in [0, 0.05) is 18.7 Å². The smallest absolute Gasteiger partial charge is 0.332 e. The largest absolute Gasteiger partial charge is 0.493 e. The number of carbonyl (C=O) groups excluding carboxylic acids is 2. The number of nitrogens with one attached hydrogen (secondary N) is 2. The number of carbonyl (C=O) groups is 2. The van der Waals surface area contributed by atoms with Gasteiger partial charge >= 0.3 is 5.69 Å². The van der Waals surface area contributed by atoms with Gasteiger partial charge in [0.15, 0.2) is 11.5 Å². The molecule has 0 atom stereocenters. The molecule has 0 aliphatic heterocycles. The summed E-state index contributed by atoms with van der Waals surface area (Å²) in [5.74, 6) is -0.185. The SMILES string of the molecule is CNC(=O)c1ccc(Cn2c(=O)c3cc(OC)c(OC)cc3n(CC(=O)Nc3ccccc3Cl)c2=O)cc1. The van der Waals surface area contributed by atoms with Gasteiger partial charge in [-0.05, 0) is 35.9 Å². The fourth-order valence-corrected chi connectivity index (χ4v) is 4.20. The minimum absolute atomic E-state index is 0.0812. The van der Waals surface area contributed by atoms with Gasteiger partial charge in [0.05, 0.1) is 42.4 Å². The Morgan fingerprint density at radius 2 is 1.58 bits per heavy atom. The molecular formula is C27H25ClN4O6. The number of aromatic nitrogens is 2. The topological polar surface area (TPSA) is 121 Å². The number of hydrogen-bond donors (Lipinski definition) is 2. The Bertz CT molecular complexity index is 1640. The maximum absolute atomic E-state index is 13.6. The van der Waals surface area contributed by atoms with E-state index in [9.17, 15) is 19.2 Å². The minimum atomic E-state index is -0.695. The van der Waals surface area contributed by atoms with Crippen LogP contribution in [0, 0.1) is 0 Å². The highest BCUT2D eigenvalue weighted by atomic mass is 35.5. The Hall–Kier alpha value is -4.57. The number of fused-ring (bicyclic) bond motifs is 1. The molecule has 4 rings (SSSR count). The zero-order valence-electron chi connectivity index (χ0n) is 20.9. The second-order valence-electron chi connectivity index (χ2n) is 8.29. The van der Waals surface area contributed by atoms with E-state index in [1.807, 2.05) is 0 Å². The third-order valence-corrected chi connectivity index (χ3v) is 6.29. The summed E-state index contributed by atoms with van der Waals surface area (Å²) < 4.78 is 12.9. The fraction of sp³-hybridized carbons (Fsp3) is 0.185. The van der Waals surface area contributed by atoms with Gasteiger partial charge in [0.25, 0.3) is 11.5 Å². The molecule has 3 aromatic carbocycles. The van der Waals surface area contributed by atoms with Crippen LogP contribution in [0.4, 0.5) is 5.69 Å². The molecule has 0 unspecified atom stereocenters. The lowest BCUT2D eigenvalue weighted by molar-refractivity contribution is -0.116. The Morgan fingerprint density at radius 3 is 2.21 bits per heavy atom. The van der Waals surface area contributed by atoms with Crippen LogP contribution in [0.3, 0.4) is 0 Å². The molecule has 0 saturated heterocycles. The molecule has 0 radical (unpaired) electrons. The molecule has 0 bridgehead atoms. The van der Waals surface area contributed by atoms with Crippen molar-refractivity contribution >= 4 is 40.0 Å². The molecule has 2 N–H and O–H groups in total. The van der Waals surface area contributed by atoms with Crippen LogP contribution in [0.5, 0.6) is 11.5 Å². The van der Waals surface area contributed by atoms with E-state index >= 15 is 0 Å². The molecule has 1 heterocycles. The molecule has 196 valence electrons. The van der Waals surface area contributed by atoms with Crippen molar-refractivity contribution in [3.05, 3.63) is 97.7 Å². The third-order valence-electron chi connectivity index (χ3n) is 5.96. The number of nitrogens with zero attached hydrogens (tertiary/aromatic N) is 2. The van der Waals surface area contributed by atoms with Gasteiger partial charge in [-0.25, -0.2) is 4.79 Å². The molecule has 0 spiro atoms. The number of amides is 2. The second kappa shape index (κ2) is 11.2. The zero-order chi connectivity index (χ0) is 27.4. The van der Waals surface area contributed by atoms with Crippen molar-refractivity contribution in [3.63, 3.8) is 0 Å². The van der Waals surface area contributed by atoms with Crippen molar-refractivity contribution in [2.45, 2.75) is 13.1 Å². The van der Waals surface area contributed by atoms with Crippen LogP contribution in [0.25, 0.3) is 10.9 Å². The molecule has 2 amide bonds. The summed E-state index contributed by atoms with van der Waals surface area (Å²) in [6.45, 7) is -0.478. The van der Waals surface area contributed by atoms with Crippen LogP contribution < -0.4 is 31.4 Å². The normalized spacial score (nSPS) is 10.7. The third kappa shape index (κ3) is 5.25. The molecule has 0 aliphatic carbocycles. The van der Waals surface area contributed by atoms with Crippen molar-refractivity contribution < 1.29 is 19.1 Å². The lowest BCUT2D eigenvalue weighted by Crippen LogP contribution is -2.42. The number of rotatable bonds is 8. The summed E-state index contributed by atoms with van der Waals surface area (Å²) in [5.41, 5.74) is 0.387. The summed E-state index contributed by atoms with van der Waals surface area (Å²) in [7, 11) is 4.39. The molecule has 0 fully saturated rings. The Kier molecular flexibility index (Phi) is 7.82. The van der Waals surface area contributed by atoms with E-state index in [0.29, 0.717) is 33.3 Å². The van der Waals surface area contributed by atoms with Crippen molar-refractivity contribution in [1.82, 2.24) is 14.5 Å². The van der Waals surface area contributed by atoms with Crippen LogP contribution >= 0.6 is 11.6 Å². The molecule has 4 aromatic rings. The van der Waals surface area contributed by atoms with Gasteiger partial charge in [-0.1, -0.05) is 35.9 Å². The van der Waals surface area contributed by atoms with Crippen LogP contribution in [0.2, 0.25) is 5.02 Å². The number of para-hydroxylation sites is 1. The summed E-state index contributed by atoms with van der Waals surface area (Å²) in [6.07, 6.45) is 0. The number of benzene rings is 3. The summed E-state index contributed by atoms with van der Waals surface area (Å²) >= 11 is 6.16. The second-order valence-corrected chi connectivity index (χ2v) is 8.70. The highest BCUT2D eigenvalue weighted by molar-refractivity contribution is 6.33. The molecule has 11 heteroatoms. The summed E-state index contributed by atoms with van der Waals surface area (Å²) in [5, 5.41) is 5.74. The number of methoxy groups -OCH3 is 2. The van der Waals surface area contributed by atoms with E-state index in [2.05, 4.69) is 10.6 Å². The summed E-state index contributed by atoms with van der Waals surface area (Å²) in [4.78, 5) is 52.0. The van der Waals surface area contributed by atoms with Crippen molar-refractivity contribution in [3.8, 4) is 11.5 Å². The van der Waals surface area contributed by atoms with Gasteiger partial charge in [-0.3, -0.25) is 23.5 Å². The summed E-state index contributed by atoms with van der Waals surface area (Å²) in [6, 6.07) is 16.2. The highest BCUT2D eigenvalue weighted by Gasteiger charge is 2.19. The maximum atomic E-state index is 13.6. The Morgan fingerprint density at radius 1 is 0.921 bits per heavy atom. The van der Waals surface area contributed by atoms with Crippen LogP contribution in [-0.2, 0) is 17.9 Å². The highest BCUT2D eigenvalue weighted by Crippen LogP contribution is 2.30. The number of hydrogen-bond acceptors (Lipinski definition) is 6. The number of ether oxygens (including phenoxy) is 2. The fourth-order valence-electron chi connectivity index (χ4n) is 4.02. The van der Waals surface area contributed by atoms with Crippen molar-refractivity contribution in [2.24, 2.45) is 0 Å². The van der Waals surface area contributed by atoms with Crippen molar-refractivity contribution in [2.75, 3.05) is 26.6 Å². The lowest BCUT2D eigenvalue weighted by Gasteiger charge is -2.17. The quantitative estimate of drug-likeness (QED) is 0.357. The van der Waals surface area contributed by atoms with Gasteiger partial charge in [-0.15, -0.1) is 0 Å². The zero-order valence-corrected chi connectivity index (χ0v) is 21.7. The van der Waals surface area contributed by atoms with E-state index < -0.39 is 23.7 Å². The first-order valence-corrected chi connectivity index (χ1v) is 11.9. The van der Waals surface area contributed by atoms with E-state index in [1.165, 1.54) is 38.0 Å². The van der Waals surface area contributed by atoms with Gasteiger partial charge in [-0.2, -0.15) is 0 Å². The van der Waals surface area contributed by atoms with Crippen molar-refractivity contribution in [1.29, 1.82) is 0 Å². The van der Waals surface area contributed by atoms with Gasteiger partial charge in [0.1, 0.15) is 6.54 Å². The average molecular weight is 537 g/mol. The predicted molar refractivity (Wildman–Crippen MR) is 145 cm³/mol. The minimum Gasteiger partial charge on any atom is -0.493 e. The van der Waals surface area contributed by atoms with E-state index in [4.69, 9.17) is 21.1 Å². The first kappa shape index (κ1) is 26.5. The van der Waals surface area contributed by atoms with Gasteiger partial charge < -0.3 is 20.1 Å². The monoisotopic (exact) mass is 536 g/mol. The van der Waals surface area contributed by atoms with Crippen LogP contribution in [-0.4, -0.2) is 42.2 Å². The molecular weight excluding hydrogens is 512 g/mol. The first-order valence-electron chi connectivity index (χ1n) is 11.5. The van der Waals surface area contributed by atoms with E-state index in [1.54, 1.807) is 48.5 Å². The molecule has 1 aromatic heterocycles. The van der Waals surface area contributed by atoms with E-state index in [-0.39, 0.29) is 23.4 Å². The lowest BCUT2D eigenvalue weighted by atomic mass is 10.1.